The van der Waals surface area contributed by atoms with Crippen molar-refractivity contribution >= 4 is 51.5 Å². The number of benzene rings is 2. The Morgan fingerprint density at radius 1 is 1.11 bits per heavy atom. The summed E-state index contributed by atoms with van der Waals surface area (Å²) in [5.41, 5.74) is 1.17. The van der Waals surface area contributed by atoms with Gasteiger partial charge in [0, 0.05) is 10.6 Å². The Labute approximate surface area is 229 Å². The summed E-state index contributed by atoms with van der Waals surface area (Å²) in [5, 5.41) is 11.9. The van der Waals surface area contributed by atoms with Crippen molar-refractivity contribution in [2.75, 3.05) is 18.1 Å². The molecule has 1 unspecified atom stereocenters. The van der Waals surface area contributed by atoms with Crippen molar-refractivity contribution in [1.82, 2.24) is 4.98 Å². The molecule has 0 saturated carbocycles. The first-order valence-electron chi connectivity index (χ1n) is 12.2. The molecule has 1 saturated heterocycles. The van der Waals surface area contributed by atoms with Crippen molar-refractivity contribution in [2.24, 2.45) is 0 Å². The zero-order chi connectivity index (χ0) is 27.4. The van der Waals surface area contributed by atoms with Crippen LogP contribution in [0.3, 0.4) is 0 Å². The lowest BCUT2D eigenvalue weighted by molar-refractivity contribution is -0.132. The maximum absolute atomic E-state index is 13.4. The molecule has 1 amide bonds. The van der Waals surface area contributed by atoms with Crippen molar-refractivity contribution in [1.29, 1.82) is 0 Å². The van der Waals surface area contributed by atoms with Gasteiger partial charge in [0.2, 0.25) is 0 Å². The topological polar surface area (TPSA) is 106 Å². The second-order valence-electron chi connectivity index (χ2n) is 8.58. The normalized spacial score (nSPS) is 16.6. The van der Waals surface area contributed by atoms with E-state index in [-0.39, 0.29) is 27.9 Å². The van der Waals surface area contributed by atoms with Gasteiger partial charge in [-0.15, -0.1) is 0 Å². The minimum absolute atomic E-state index is 0.0949. The second kappa shape index (κ2) is 11.8. The first-order valence-corrected chi connectivity index (χ1v) is 13.4. The molecule has 8 nitrogen and oxygen atoms in total. The van der Waals surface area contributed by atoms with Crippen molar-refractivity contribution in [3.05, 3.63) is 80.8 Å². The molecule has 0 aliphatic carbocycles. The third kappa shape index (κ3) is 5.44. The lowest BCUT2D eigenvalue weighted by Crippen LogP contribution is -2.29. The van der Waals surface area contributed by atoms with Gasteiger partial charge >= 0.3 is 11.9 Å². The van der Waals surface area contributed by atoms with Crippen LogP contribution in [0.1, 0.15) is 59.2 Å². The minimum Gasteiger partial charge on any atom is -0.507 e. The predicted molar refractivity (Wildman–Crippen MR) is 146 cm³/mol. The number of anilines is 1. The summed E-state index contributed by atoms with van der Waals surface area (Å²) in [6.45, 7) is 6.15. The number of Topliss-reactive ketones (excluding diaryl/α,β-unsaturated/α-hetero) is 1. The number of aliphatic hydroxyl groups excluding tert-OH is 1. The van der Waals surface area contributed by atoms with E-state index >= 15 is 0 Å². The molecule has 1 atom stereocenters. The Kier molecular flexibility index (Phi) is 8.48. The molecule has 4 rings (SSSR count). The summed E-state index contributed by atoms with van der Waals surface area (Å²) in [5.74, 6) is -1.99. The highest BCUT2D eigenvalue weighted by Crippen LogP contribution is 2.44. The first-order chi connectivity index (χ1) is 18.3. The van der Waals surface area contributed by atoms with Gasteiger partial charge in [-0.25, -0.2) is 9.78 Å². The number of thiazole rings is 1. The summed E-state index contributed by atoms with van der Waals surface area (Å²) in [6.07, 6.45) is 1.92. The number of ether oxygens (including phenoxy) is 2. The van der Waals surface area contributed by atoms with E-state index in [2.05, 4.69) is 11.9 Å². The molecule has 198 valence electrons. The highest BCUT2D eigenvalue weighted by Gasteiger charge is 2.48. The summed E-state index contributed by atoms with van der Waals surface area (Å²) >= 11 is 7.04. The number of aryl methyl sites for hydroxylation is 1. The zero-order valence-corrected chi connectivity index (χ0v) is 22.8. The fourth-order valence-corrected chi connectivity index (χ4v) is 5.17. The number of aromatic nitrogens is 1. The SMILES string of the molecule is CCCCOc1ccc(/C(O)=C2/C(=O)C(=O)N(c3nc(C)c(C(=O)OCC)s3)C2c2ccc(Cl)cc2)cc1. The van der Waals surface area contributed by atoms with Gasteiger partial charge in [-0.2, -0.15) is 0 Å². The van der Waals surface area contributed by atoms with Crippen LogP contribution < -0.4 is 9.64 Å². The third-order valence-corrected chi connectivity index (χ3v) is 7.37. The van der Waals surface area contributed by atoms with E-state index in [4.69, 9.17) is 21.1 Å². The van der Waals surface area contributed by atoms with E-state index < -0.39 is 23.7 Å². The molecule has 0 bridgehead atoms. The molecule has 2 heterocycles. The van der Waals surface area contributed by atoms with Gasteiger partial charge in [-0.3, -0.25) is 14.5 Å². The van der Waals surface area contributed by atoms with Crippen LogP contribution in [0.4, 0.5) is 5.13 Å². The molecule has 38 heavy (non-hydrogen) atoms. The number of ketones is 1. The number of aliphatic hydroxyl groups is 1. The van der Waals surface area contributed by atoms with Gasteiger partial charge in [0.05, 0.1) is 30.5 Å². The van der Waals surface area contributed by atoms with Crippen molar-refractivity contribution in [3.8, 4) is 5.75 Å². The van der Waals surface area contributed by atoms with Crippen LogP contribution in [0.5, 0.6) is 5.75 Å². The quantitative estimate of drug-likeness (QED) is 0.112. The molecule has 1 N–H and O–H groups in total. The van der Waals surface area contributed by atoms with Crippen LogP contribution in [0, 0.1) is 6.92 Å². The van der Waals surface area contributed by atoms with Gasteiger partial charge in [-0.05, 0) is 62.2 Å². The molecule has 3 aromatic rings. The molecular formula is C28H27ClN2O6S. The average molecular weight is 555 g/mol. The number of carbonyl (C=O) groups is 3. The van der Waals surface area contributed by atoms with E-state index in [0.29, 0.717) is 34.2 Å². The molecule has 1 aromatic heterocycles. The smallest absolute Gasteiger partial charge is 0.350 e. The Bertz CT molecular complexity index is 1380. The van der Waals surface area contributed by atoms with Crippen LogP contribution >= 0.6 is 22.9 Å². The fraction of sp³-hybridized carbons (Fsp3) is 0.286. The Morgan fingerprint density at radius 3 is 2.42 bits per heavy atom. The number of nitrogens with zero attached hydrogens (tertiary/aromatic N) is 2. The molecule has 2 aromatic carbocycles. The largest absolute Gasteiger partial charge is 0.507 e. The Morgan fingerprint density at radius 2 is 1.79 bits per heavy atom. The highest BCUT2D eigenvalue weighted by atomic mass is 35.5. The molecule has 0 radical (unpaired) electrons. The second-order valence-corrected chi connectivity index (χ2v) is 9.99. The van der Waals surface area contributed by atoms with Crippen LogP contribution in [0.2, 0.25) is 5.02 Å². The maximum Gasteiger partial charge on any atom is 0.350 e. The van der Waals surface area contributed by atoms with E-state index in [9.17, 15) is 19.5 Å². The lowest BCUT2D eigenvalue weighted by atomic mass is 9.95. The van der Waals surface area contributed by atoms with Crippen LogP contribution in [-0.2, 0) is 14.3 Å². The first kappa shape index (κ1) is 27.3. The van der Waals surface area contributed by atoms with Gasteiger partial charge in [0.15, 0.2) is 5.13 Å². The number of carbonyl (C=O) groups excluding carboxylic acids is 3. The zero-order valence-electron chi connectivity index (χ0n) is 21.2. The van der Waals surface area contributed by atoms with Crippen LogP contribution in [0.15, 0.2) is 54.1 Å². The molecule has 0 spiro atoms. The predicted octanol–water partition coefficient (Wildman–Crippen LogP) is 6.09. The maximum atomic E-state index is 13.4. The van der Waals surface area contributed by atoms with Gasteiger partial charge in [0.25, 0.3) is 5.78 Å². The number of amides is 1. The highest BCUT2D eigenvalue weighted by molar-refractivity contribution is 7.17. The summed E-state index contributed by atoms with van der Waals surface area (Å²) in [6, 6.07) is 12.3. The van der Waals surface area contributed by atoms with Crippen LogP contribution in [-0.4, -0.2) is 41.0 Å². The Hall–Kier alpha value is -3.69. The third-order valence-electron chi connectivity index (χ3n) is 5.98. The lowest BCUT2D eigenvalue weighted by Gasteiger charge is -2.23. The number of halogens is 1. The molecular weight excluding hydrogens is 528 g/mol. The number of rotatable bonds is 9. The van der Waals surface area contributed by atoms with E-state index in [1.807, 2.05) is 0 Å². The van der Waals surface area contributed by atoms with Gasteiger partial charge in [-0.1, -0.05) is 48.4 Å². The standard InChI is InChI=1S/C28H27ClN2O6S/c1-4-6-15-37-20-13-9-18(10-14-20)23(32)21-22(17-7-11-19(29)12-8-17)31(26(34)24(21)33)28-30-16(3)25(38-28)27(35)36-5-2/h7-14,22,32H,4-6,15H2,1-3H3/b23-21-. The van der Waals surface area contributed by atoms with E-state index in [1.54, 1.807) is 62.4 Å². The van der Waals surface area contributed by atoms with Gasteiger partial charge < -0.3 is 14.6 Å². The summed E-state index contributed by atoms with van der Waals surface area (Å²) in [7, 11) is 0. The number of hydrogen-bond donors (Lipinski definition) is 1. The molecule has 1 fully saturated rings. The molecule has 10 heteroatoms. The van der Waals surface area contributed by atoms with E-state index in [0.717, 1.165) is 24.2 Å². The number of esters is 1. The average Bonchev–Trinajstić information content (AvgIpc) is 3.41. The minimum atomic E-state index is -0.992. The monoisotopic (exact) mass is 554 g/mol. The van der Waals surface area contributed by atoms with Crippen molar-refractivity contribution in [3.63, 3.8) is 0 Å². The molecule has 1 aliphatic heterocycles. The molecule has 1 aliphatic rings. The summed E-state index contributed by atoms with van der Waals surface area (Å²) < 4.78 is 10.8. The summed E-state index contributed by atoms with van der Waals surface area (Å²) in [4.78, 5) is 45.0. The fourth-order valence-electron chi connectivity index (χ4n) is 4.06. The number of hydrogen-bond acceptors (Lipinski definition) is 8. The van der Waals surface area contributed by atoms with Crippen molar-refractivity contribution in [2.45, 2.75) is 39.7 Å². The van der Waals surface area contributed by atoms with Crippen LogP contribution in [0.25, 0.3) is 5.76 Å². The number of unbranched alkanes of at least 4 members (excludes halogenated alkanes) is 1. The van der Waals surface area contributed by atoms with Crippen molar-refractivity contribution < 1.29 is 29.0 Å². The van der Waals surface area contributed by atoms with E-state index in [1.165, 1.54) is 4.90 Å². The van der Waals surface area contributed by atoms with Gasteiger partial charge in [0.1, 0.15) is 16.4 Å². The Balaban J connectivity index is 1.80.